The van der Waals surface area contributed by atoms with Gasteiger partial charge in [0.05, 0.1) is 18.2 Å². The summed E-state index contributed by atoms with van der Waals surface area (Å²) in [5.41, 5.74) is 4.25. The fourth-order valence-electron chi connectivity index (χ4n) is 2.08. The number of nitrogens with one attached hydrogen (secondary N) is 1. The molecule has 0 spiro atoms. The van der Waals surface area contributed by atoms with Crippen molar-refractivity contribution in [2.24, 2.45) is 7.05 Å². The molecule has 0 aliphatic carbocycles. The van der Waals surface area contributed by atoms with Crippen LogP contribution in [0.1, 0.15) is 27.3 Å². The normalized spacial score (nSPS) is 10.1. The molecule has 20 heavy (non-hydrogen) atoms. The lowest BCUT2D eigenvalue weighted by Crippen LogP contribution is -2.14. The van der Waals surface area contributed by atoms with E-state index in [1.54, 1.807) is 24.3 Å². The summed E-state index contributed by atoms with van der Waals surface area (Å²) in [6, 6.07) is 11.0. The Bertz CT molecular complexity index is 675. The monoisotopic (exact) mass is 267 g/mol. The van der Waals surface area contributed by atoms with E-state index >= 15 is 0 Å². The maximum Gasteiger partial charge on any atom is 0.183 e. The van der Waals surface area contributed by atoms with Gasteiger partial charge in [-0.05, 0) is 44.2 Å². The van der Waals surface area contributed by atoms with Gasteiger partial charge in [-0.3, -0.25) is 4.79 Å². The van der Waals surface area contributed by atoms with Crippen LogP contribution in [-0.2, 0) is 7.05 Å². The Balaban J connectivity index is 2.05. The molecule has 2 aromatic rings. The van der Waals surface area contributed by atoms with Gasteiger partial charge < -0.3 is 9.88 Å². The molecule has 0 saturated heterocycles. The third-order valence-electron chi connectivity index (χ3n) is 3.54. The van der Waals surface area contributed by atoms with Crippen LogP contribution in [0, 0.1) is 25.2 Å². The number of Topliss-reactive ketones (excluding diaryl/α,β-unsaturated/α-hetero) is 1. The number of aryl methyl sites for hydroxylation is 1. The van der Waals surface area contributed by atoms with Crippen molar-refractivity contribution >= 4 is 11.5 Å². The molecule has 102 valence electrons. The Morgan fingerprint density at radius 1 is 1.30 bits per heavy atom. The maximum atomic E-state index is 12.2. The van der Waals surface area contributed by atoms with Crippen molar-refractivity contribution < 1.29 is 4.79 Å². The average molecular weight is 267 g/mol. The molecule has 1 heterocycles. The SMILES string of the molecule is Cc1cc(C(=O)CNc2ccc(C#N)cc2)c(C)n1C. The number of aromatic nitrogens is 1. The molecule has 0 aliphatic heterocycles. The number of carbonyl (C=O) groups is 1. The number of benzene rings is 1. The zero-order valence-electron chi connectivity index (χ0n) is 11.9. The second-order valence-electron chi connectivity index (χ2n) is 4.81. The van der Waals surface area contributed by atoms with E-state index in [0.29, 0.717) is 5.56 Å². The van der Waals surface area contributed by atoms with E-state index in [1.165, 1.54) is 0 Å². The molecule has 0 fully saturated rings. The van der Waals surface area contributed by atoms with E-state index in [-0.39, 0.29) is 12.3 Å². The highest BCUT2D eigenvalue weighted by Crippen LogP contribution is 2.15. The van der Waals surface area contributed by atoms with Crippen molar-refractivity contribution in [3.05, 3.63) is 52.8 Å². The third kappa shape index (κ3) is 2.72. The van der Waals surface area contributed by atoms with E-state index in [0.717, 1.165) is 22.6 Å². The lowest BCUT2D eigenvalue weighted by Gasteiger charge is -2.06. The standard InChI is InChI=1S/C16H17N3O/c1-11-8-15(12(2)19(11)3)16(20)10-18-14-6-4-13(9-17)5-7-14/h4-8,18H,10H2,1-3H3. The van der Waals surface area contributed by atoms with E-state index in [2.05, 4.69) is 11.4 Å². The minimum atomic E-state index is 0.0653. The van der Waals surface area contributed by atoms with Gasteiger partial charge in [-0.2, -0.15) is 5.26 Å². The zero-order chi connectivity index (χ0) is 14.7. The number of rotatable bonds is 4. The minimum Gasteiger partial charge on any atom is -0.378 e. The Kier molecular flexibility index (Phi) is 3.90. The van der Waals surface area contributed by atoms with Crippen LogP contribution >= 0.6 is 0 Å². The van der Waals surface area contributed by atoms with Gasteiger partial charge in [0.15, 0.2) is 5.78 Å². The molecule has 1 N–H and O–H groups in total. The van der Waals surface area contributed by atoms with Crippen LogP contribution in [0.4, 0.5) is 5.69 Å². The van der Waals surface area contributed by atoms with Gasteiger partial charge in [0.1, 0.15) is 0 Å². The second-order valence-corrected chi connectivity index (χ2v) is 4.81. The van der Waals surface area contributed by atoms with Gasteiger partial charge in [-0.15, -0.1) is 0 Å². The predicted octanol–water partition coefficient (Wildman–Crippen LogP) is 2.81. The minimum absolute atomic E-state index is 0.0653. The van der Waals surface area contributed by atoms with Gasteiger partial charge in [0, 0.05) is 29.7 Å². The lowest BCUT2D eigenvalue weighted by molar-refractivity contribution is 0.101. The molecular formula is C16H17N3O. The summed E-state index contributed by atoms with van der Waals surface area (Å²) in [6.07, 6.45) is 0. The predicted molar refractivity (Wildman–Crippen MR) is 78.9 cm³/mol. The van der Waals surface area contributed by atoms with Crippen LogP contribution in [-0.4, -0.2) is 16.9 Å². The van der Waals surface area contributed by atoms with Crippen molar-refractivity contribution in [2.45, 2.75) is 13.8 Å². The highest BCUT2D eigenvalue weighted by Gasteiger charge is 2.13. The molecular weight excluding hydrogens is 250 g/mol. The summed E-state index contributed by atoms with van der Waals surface area (Å²) in [7, 11) is 1.95. The number of ketones is 1. The number of hydrogen-bond acceptors (Lipinski definition) is 3. The lowest BCUT2D eigenvalue weighted by atomic mass is 10.1. The fraction of sp³-hybridized carbons (Fsp3) is 0.250. The first-order valence-electron chi connectivity index (χ1n) is 6.43. The highest BCUT2D eigenvalue weighted by molar-refractivity contribution is 6.00. The quantitative estimate of drug-likeness (QED) is 0.867. The summed E-state index contributed by atoms with van der Waals surface area (Å²) in [5.74, 6) is 0.0653. The van der Waals surface area contributed by atoms with Crippen molar-refractivity contribution in [1.82, 2.24) is 4.57 Å². The number of hydrogen-bond donors (Lipinski definition) is 1. The van der Waals surface area contributed by atoms with Crippen LogP contribution < -0.4 is 5.32 Å². The van der Waals surface area contributed by atoms with Crippen LogP contribution in [0.2, 0.25) is 0 Å². The van der Waals surface area contributed by atoms with Crippen LogP contribution in [0.3, 0.4) is 0 Å². The summed E-state index contributed by atoms with van der Waals surface area (Å²) in [6.45, 7) is 4.18. The first kappa shape index (κ1) is 13.9. The molecule has 0 bridgehead atoms. The Hall–Kier alpha value is -2.54. The Morgan fingerprint density at radius 2 is 1.95 bits per heavy atom. The van der Waals surface area contributed by atoms with E-state index in [1.807, 2.05) is 31.5 Å². The molecule has 0 unspecified atom stereocenters. The number of nitriles is 1. The van der Waals surface area contributed by atoms with Gasteiger partial charge in [0.2, 0.25) is 0 Å². The van der Waals surface area contributed by atoms with Gasteiger partial charge in [-0.1, -0.05) is 0 Å². The van der Waals surface area contributed by atoms with E-state index in [4.69, 9.17) is 5.26 Å². The largest absolute Gasteiger partial charge is 0.378 e. The van der Waals surface area contributed by atoms with Crippen molar-refractivity contribution in [2.75, 3.05) is 11.9 Å². The molecule has 0 radical (unpaired) electrons. The molecule has 0 aliphatic rings. The molecule has 1 aromatic carbocycles. The van der Waals surface area contributed by atoms with Crippen molar-refractivity contribution in [3.63, 3.8) is 0 Å². The molecule has 0 amide bonds. The van der Waals surface area contributed by atoms with Crippen LogP contribution in [0.5, 0.6) is 0 Å². The molecule has 0 saturated carbocycles. The summed E-state index contributed by atoms with van der Waals surface area (Å²) in [5, 5.41) is 11.8. The zero-order valence-corrected chi connectivity index (χ0v) is 11.9. The molecule has 4 nitrogen and oxygen atoms in total. The molecule has 0 atom stereocenters. The molecule has 1 aromatic heterocycles. The topological polar surface area (TPSA) is 57.8 Å². The van der Waals surface area contributed by atoms with E-state index in [9.17, 15) is 4.79 Å². The third-order valence-corrected chi connectivity index (χ3v) is 3.54. The fourth-order valence-corrected chi connectivity index (χ4v) is 2.08. The van der Waals surface area contributed by atoms with Crippen molar-refractivity contribution in [1.29, 1.82) is 5.26 Å². The smallest absolute Gasteiger partial charge is 0.183 e. The first-order chi connectivity index (χ1) is 9.52. The average Bonchev–Trinajstić information content (AvgIpc) is 2.73. The van der Waals surface area contributed by atoms with Crippen LogP contribution in [0.15, 0.2) is 30.3 Å². The van der Waals surface area contributed by atoms with Crippen molar-refractivity contribution in [3.8, 4) is 6.07 Å². The molecule has 4 heteroatoms. The second kappa shape index (κ2) is 5.62. The van der Waals surface area contributed by atoms with Gasteiger partial charge >= 0.3 is 0 Å². The summed E-state index contributed by atoms with van der Waals surface area (Å²) < 4.78 is 2.01. The highest BCUT2D eigenvalue weighted by atomic mass is 16.1. The Labute approximate surface area is 118 Å². The summed E-state index contributed by atoms with van der Waals surface area (Å²) >= 11 is 0. The number of nitrogens with zero attached hydrogens (tertiary/aromatic N) is 2. The summed E-state index contributed by atoms with van der Waals surface area (Å²) in [4.78, 5) is 12.2. The van der Waals surface area contributed by atoms with Gasteiger partial charge in [-0.25, -0.2) is 0 Å². The van der Waals surface area contributed by atoms with Crippen LogP contribution in [0.25, 0.3) is 0 Å². The first-order valence-corrected chi connectivity index (χ1v) is 6.43. The van der Waals surface area contributed by atoms with Gasteiger partial charge in [0.25, 0.3) is 0 Å². The van der Waals surface area contributed by atoms with E-state index < -0.39 is 0 Å². The maximum absolute atomic E-state index is 12.2. The number of carbonyl (C=O) groups excluding carboxylic acids is 1. The number of anilines is 1. The molecule has 2 rings (SSSR count). The Morgan fingerprint density at radius 3 is 2.45 bits per heavy atom.